The van der Waals surface area contributed by atoms with Gasteiger partial charge in [0.15, 0.2) is 0 Å². The number of carbonyl (C=O) groups is 3. The molecule has 3 rings (SSSR count). The predicted molar refractivity (Wildman–Crippen MR) is 98.8 cm³/mol. The van der Waals surface area contributed by atoms with Gasteiger partial charge in [-0.15, -0.1) is 5.10 Å². The highest BCUT2D eigenvalue weighted by Crippen LogP contribution is 2.19. The summed E-state index contributed by atoms with van der Waals surface area (Å²) in [6.07, 6.45) is 1.83. The molecule has 0 aliphatic carbocycles. The summed E-state index contributed by atoms with van der Waals surface area (Å²) in [5.41, 5.74) is 1.08. The molecule has 1 aliphatic rings. The summed E-state index contributed by atoms with van der Waals surface area (Å²) in [7, 11) is 0. The van der Waals surface area contributed by atoms with Gasteiger partial charge in [-0.2, -0.15) is 4.68 Å². The Morgan fingerprint density at radius 1 is 1.17 bits per heavy atom. The number of rotatable bonds is 7. The van der Waals surface area contributed by atoms with Crippen molar-refractivity contribution >= 4 is 18.0 Å². The zero-order valence-corrected chi connectivity index (χ0v) is 15.9. The van der Waals surface area contributed by atoms with Gasteiger partial charge in [0.05, 0.1) is 35.2 Å². The lowest BCUT2D eigenvalue weighted by molar-refractivity contribution is -0.139. The number of ether oxygens (including phenoxy) is 2. The van der Waals surface area contributed by atoms with Gasteiger partial charge in [-0.3, -0.25) is 0 Å². The van der Waals surface area contributed by atoms with E-state index in [0.717, 1.165) is 0 Å². The minimum atomic E-state index is -0.660. The van der Waals surface area contributed by atoms with Crippen molar-refractivity contribution < 1.29 is 23.9 Å². The number of esters is 2. The Hall–Kier alpha value is -3.76. The fraction of sp³-hybridized carbons (Fsp3) is 0.333. The van der Waals surface area contributed by atoms with Crippen LogP contribution in [0.5, 0.6) is 0 Å². The molecule has 1 aromatic carbocycles. The SMILES string of the molecule is CCOC(=O)C1=C(COC(=O)c2ccccc2-n2cnnn2)NC(=O)NC1CC. The van der Waals surface area contributed by atoms with E-state index in [4.69, 9.17) is 9.47 Å². The molecule has 1 atom stereocenters. The Bertz CT molecular complexity index is 940. The summed E-state index contributed by atoms with van der Waals surface area (Å²) in [6, 6.07) is 5.61. The predicted octanol–water partition coefficient (Wildman–Crippen LogP) is 0.728. The fourth-order valence-corrected chi connectivity index (χ4v) is 2.91. The number of hydrogen-bond acceptors (Lipinski definition) is 8. The van der Waals surface area contributed by atoms with Crippen LogP contribution in [0.4, 0.5) is 4.79 Å². The van der Waals surface area contributed by atoms with Crippen molar-refractivity contribution in [2.45, 2.75) is 26.3 Å². The summed E-state index contributed by atoms with van der Waals surface area (Å²) in [4.78, 5) is 37.0. The summed E-state index contributed by atoms with van der Waals surface area (Å²) in [5, 5.41) is 16.1. The van der Waals surface area contributed by atoms with Gasteiger partial charge >= 0.3 is 18.0 Å². The molecular weight excluding hydrogens is 380 g/mol. The number of nitrogens with zero attached hydrogens (tertiary/aromatic N) is 4. The van der Waals surface area contributed by atoms with Crippen molar-refractivity contribution in [1.82, 2.24) is 30.8 Å². The molecule has 29 heavy (non-hydrogen) atoms. The Labute approximate surface area is 166 Å². The van der Waals surface area contributed by atoms with Crippen molar-refractivity contribution in [3.05, 3.63) is 47.4 Å². The zero-order chi connectivity index (χ0) is 20.8. The number of urea groups is 1. The monoisotopic (exact) mass is 400 g/mol. The molecule has 11 nitrogen and oxygen atoms in total. The smallest absolute Gasteiger partial charge is 0.340 e. The maximum Gasteiger partial charge on any atom is 0.340 e. The third-order valence-electron chi connectivity index (χ3n) is 4.21. The fourth-order valence-electron chi connectivity index (χ4n) is 2.91. The number of tetrazole rings is 1. The first-order chi connectivity index (χ1) is 14.0. The lowest BCUT2D eigenvalue weighted by Crippen LogP contribution is -2.51. The average Bonchev–Trinajstić information content (AvgIpc) is 3.26. The average molecular weight is 400 g/mol. The zero-order valence-electron chi connectivity index (χ0n) is 15.9. The van der Waals surface area contributed by atoms with E-state index in [1.165, 1.54) is 11.0 Å². The largest absolute Gasteiger partial charge is 0.463 e. The minimum absolute atomic E-state index is 0.180. The maximum absolute atomic E-state index is 12.7. The van der Waals surface area contributed by atoms with E-state index in [0.29, 0.717) is 12.1 Å². The van der Waals surface area contributed by atoms with Gasteiger partial charge in [0.1, 0.15) is 12.9 Å². The first-order valence-corrected chi connectivity index (χ1v) is 9.02. The molecule has 0 saturated carbocycles. The molecule has 2 amide bonds. The molecule has 0 bridgehead atoms. The standard InChI is InChI=1S/C18H20N6O5/c1-3-12-15(17(26)28-4-2)13(21-18(27)20-12)9-29-16(25)11-7-5-6-8-14(11)24-10-19-22-23-24/h5-8,10,12H,3-4,9H2,1-2H3,(H2,20,21,27). The second-order valence-corrected chi connectivity index (χ2v) is 6.02. The van der Waals surface area contributed by atoms with Crippen molar-refractivity contribution in [2.24, 2.45) is 0 Å². The molecule has 1 unspecified atom stereocenters. The van der Waals surface area contributed by atoms with Crippen LogP contribution in [0.15, 0.2) is 41.9 Å². The molecule has 1 aromatic heterocycles. The summed E-state index contributed by atoms with van der Waals surface area (Å²) >= 11 is 0. The van der Waals surface area contributed by atoms with E-state index in [2.05, 4.69) is 26.2 Å². The molecule has 0 fully saturated rings. The van der Waals surface area contributed by atoms with Gasteiger partial charge in [-0.05, 0) is 35.9 Å². The topological polar surface area (TPSA) is 137 Å². The molecule has 2 heterocycles. The molecule has 0 radical (unpaired) electrons. The molecule has 2 N–H and O–H groups in total. The van der Waals surface area contributed by atoms with Crippen molar-refractivity contribution in [3.8, 4) is 5.69 Å². The van der Waals surface area contributed by atoms with Gasteiger partial charge in [0.2, 0.25) is 0 Å². The Morgan fingerprint density at radius 3 is 2.66 bits per heavy atom. The lowest BCUT2D eigenvalue weighted by Gasteiger charge is -2.28. The molecule has 0 spiro atoms. The first-order valence-electron chi connectivity index (χ1n) is 9.02. The van der Waals surface area contributed by atoms with E-state index >= 15 is 0 Å². The molecule has 2 aromatic rings. The normalized spacial score (nSPS) is 16.1. The summed E-state index contributed by atoms with van der Waals surface area (Å²) in [5.74, 6) is -1.24. The number of para-hydroxylation sites is 1. The first kappa shape index (κ1) is 20.0. The molecule has 152 valence electrons. The highest BCUT2D eigenvalue weighted by atomic mass is 16.5. The van der Waals surface area contributed by atoms with E-state index < -0.39 is 24.0 Å². The number of nitrogens with one attached hydrogen (secondary N) is 2. The van der Waals surface area contributed by atoms with Crippen LogP contribution >= 0.6 is 0 Å². The number of carbonyl (C=O) groups excluding carboxylic acids is 3. The number of amides is 2. The number of hydrogen-bond donors (Lipinski definition) is 2. The van der Waals surface area contributed by atoms with Gasteiger partial charge in [-0.25, -0.2) is 14.4 Å². The minimum Gasteiger partial charge on any atom is -0.463 e. The molecular formula is C18H20N6O5. The quantitative estimate of drug-likeness (QED) is 0.649. The third kappa shape index (κ3) is 4.39. The van der Waals surface area contributed by atoms with Crippen LogP contribution in [0.1, 0.15) is 30.6 Å². The Balaban J connectivity index is 1.84. The van der Waals surface area contributed by atoms with Crippen LogP contribution in [0, 0.1) is 0 Å². The highest BCUT2D eigenvalue weighted by Gasteiger charge is 2.32. The lowest BCUT2D eigenvalue weighted by atomic mass is 10.0. The van der Waals surface area contributed by atoms with Crippen LogP contribution in [-0.2, 0) is 14.3 Å². The van der Waals surface area contributed by atoms with Gasteiger partial charge < -0.3 is 20.1 Å². The third-order valence-corrected chi connectivity index (χ3v) is 4.21. The summed E-state index contributed by atoms with van der Waals surface area (Å²) in [6.45, 7) is 3.38. The Morgan fingerprint density at radius 2 is 1.97 bits per heavy atom. The van der Waals surface area contributed by atoms with Crippen molar-refractivity contribution in [1.29, 1.82) is 0 Å². The number of benzene rings is 1. The molecule has 11 heteroatoms. The summed E-state index contributed by atoms with van der Waals surface area (Å²) < 4.78 is 11.8. The molecule has 0 saturated heterocycles. The number of aromatic nitrogens is 4. The van der Waals surface area contributed by atoms with Crippen molar-refractivity contribution in [2.75, 3.05) is 13.2 Å². The van der Waals surface area contributed by atoms with E-state index in [9.17, 15) is 14.4 Å². The van der Waals surface area contributed by atoms with Crippen LogP contribution in [0.25, 0.3) is 5.69 Å². The second kappa shape index (κ2) is 8.95. The molecule has 1 aliphatic heterocycles. The van der Waals surface area contributed by atoms with Gasteiger partial charge in [0.25, 0.3) is 0 Å². The van der Waals surface area contributed by atoms with Crippen LogP contribution in [0.2, 0.25) is 0 Å². The van der Waals surface area contributed by atoms with Crippen LogP contribution in [-0.4, -0.2) is 57.4 Å². The van der Waals surface area contributed by atoms with Crippen LogP contribution in [0.3, 0.4) is 0 Å². The van der Waals surface area contributed by atoms with Gasteiger partial charge in [0, 0.05) is 0 Å². The van der Waals surface area contributed by atoms with Crippen molar-refractivity contribution in [3.63, 3.8) is 0 Å². The maximum atomic E-state index is 12.7. The van der Waals surface area contributed by atoms with E-state index in [-0.39, 0.29) is 30.0 Å². The van der Waals surface area contributed by atoms with E-state index in [1.807, 2.05) is 6.92 Å². The second-order valence-electron chi connectivity index (χ2n) is 6.02. The highest BCUT2D eigenvalue weighted by molar-refractivity contribution is 5.96. The Kier molecular flexibility index (Phi) is 6.17. The van der Waals surface area contributed by atoms with Gasteiger partial charge in [-0.1, -0.05) is 19.1 Å². The van der Waals surface area contributed by atoms with Crippen LogP contribution < -0.4 is 10.6 Å². The van der Waals surface area contributed by atoms with E-state index in [1.54, 1.807) is 31.2 Å².